The van der Waals surface area contributed by atoms with Gasteiger partial charge < -0.3 is 14.8 Å². The maximum atomic E-state index is 12.5. The highest BCUT2D eigenvalue weighted by Crippen LogP contribution is 2.28. The molecule has 0 spiro atoms. The van der Waals surface area contributed by atoms with Crippen LogP contribution in [-0.2, 0) is 6.61 Å². The van der Waals surface area contributed by atoms with Crippen molar-refractivity contribution >= 4 is 22.9 Å². The highest BCUT2D eigenvalue weighted by atomic mass is 32.1. The van der Waals surface area contributed by atoms with Crippen LogP contribution in [0, 0.1) is 20.8 Å². The van der Waals surface area contributed by atoms with Gasteiger partial charge in [0.2, 0.25) is 0 Å². The number of thiophene rings is 1. The van der Waals surface area contributed by atoms with Gasteiger partial charge in [-0.05, 0) is 67.1 Å². The van der Waals surface area contributed by atoms with Crippen LogP contribution in [-0.4, -0.2) is 12.5 Å². The van der Waals surface area contributed by atoms with Gasteiger partial charge in [-0.15, -0.1) is 11.3 Å². The molecule has 3 rings (SSSR count). The Morgan fingerprint density at radius 3 is 2.62 bits per heavy atom. The van der Waals surface area contributed by atoms with Crippen molar-refractivity contribution in [1.29, 1.82) is 0 Å². The van der Waals surface area contributed by atoms with Crippen LogP contribution in [0.25, 0.3) is 0 Å². The van der Waals surface area contributed by atoms with Gasteiger partial charge in [-0.3, -0.25) is 4.79 Å². The molecule has 1 aromatic heterocycles. The van der Waals surface area contributed by atoms with E-state index in [-0.39, 0.29) is 11.4 Å². The maximum Gasteiger partial charge on any atom is 0.387 e. The first kappa shape index (κ1) is 20.8. The summed E-state index contributed by atoms with van der Waals surface area (Å²) in [4.78, 5) is 13.0. The molecule has 0 saturated heterocycles. The first-order valence-electron chi connectivity index (χ1n) is 8.96. The van der Waals surface area contributed by atoms with E-state index in [2.05, 4.69) is 16.1 Å². The van der Waals surface area contributed by atoms with Crippen molar-refractivity contribution in [3.05, 3.63) is 75.0 Å². The zero-order valence-electron chi connectivity index (χ0n) is 16.3. The van der Waals surface area contributed by atoms with E-state index in [0.717, 1.165) is 28.0 Å². The minimum absolute atomic E-state index is 0.0822. The largest absolute Gasteiger partial charge is 0.489 e. The molecule has 0 radical (unpaired) electrons. The minimum atomic E-state index is -2.97. The van der Waals surface area contributed by atoms with Gasteiger partial charge in [-0.2, -0.15) is 8.78 Å². The molecule has 1 amide bonds. The zero-order chi connectivity index (χ0) is 21.0. The van der Waals surface area contributed by atoms with Crippen molar-refractivity contribution in [2.75, 3.05) is 5.32 Å². The predicted molar refractivity (Wildman–Crippen MR) is 110 cm³/mol. The Bertz CT molecular complexity index is 1020. The van der Waals surface area contributed by atoms with E-state index >= 15 is 0 Å². The number of halogens is 2. The van der Waals surface area contributed by atoms with E-state index in [0.29, 0.717) is 11.5 Å². The molecule has 0 fully saturated rings. The van der Waals surface area contributed by atoms with Gasteiger partial charge in [-0.1, -0.05) is 18.2 Å². The van der Waals surface area contributed by atoms with E-state index in [1.54, 1.807) is 18.2 Å². The van der Waals surface area contributed by atoms with Crippen molar-refractivity contribution < 1.29 is 23.0 Å². The van der Waals surface area contributed by atoms with E-state index in [1.807, 2.05) is 32.2 Å². The molecule has 0 saturated carbocycles. The van der Waals surface area contributed by atoms with E-state index in [1.165, 1.54) is 23.5 Å². The van der Waals surface area contributed by atoms with Gasteiger partial charge in [0.1, 0.15) is 18.1 Å². The number of anilines is 1. The maximum absolute atomic E-state index is 12.5. The second kappa shape index (κ2) is 9.05. The Morgan fingerprint density at radius 1 is 1.10 bits per heavy atom. The summed E-state index contributed by atoms with van der Waals surface area (Å²) in [7, 11) is 0. The van der Waals surface area contributed by atoms with Gasteiger partial charge in [-0.25, -0.2) is 0 Å². The average molecular weight is 417 g/mol. The summed E-state index contributed by atoms with van der Waals surface area (Å²) in [6.07, 6.45) is 0. The second-order valence-corrected chi connectivity index (χ2v) is 7.55. The van der Waals surface area contributed by atoms with Crippen LogP contribution in [0.2, 0.25) is 0 Å². The summed E-state index contributed by atoms with van der Waals surface area (Å²) in [6.45, 7) is 3.43. The first-order chi connectivity index (χ1) is 13.8. The standard InChI is InChI=1S/C22H21F2NO3S/c1-13-8-14(2)15(3)19(9-13)27-11-16-10-20(29-12-16)21(26)25-17-6-4-5-7-18(17)28-22(23)24/h4-10,12,22H,11H2,1-3H3,(H,25,26). The van der Waals surface area contributed by atoms with E-state index in [4.69, 9.17) is 4.74 Å². The highest BCUT2D eigenvalue weighted by molar-refractivity contribution is 7.12. The molecule has 0 aliphatic rings. The SMILES string of the molecule is Cc1cc(C)c(C)c(OCc2csc(C(=O)Nc3ccccc3OC(F)F)c2)c1. The Labute approximate surface area is 172 Å². The minimum Gasteiger partial charge on any atom is -0.489 e. The summed E-state index contributed by atoms with van der Waals surface area (Å²) in [6, 6.07) is 11.9. The Morgan fingerprint density at radius 2 is 1.86 bits per heavy atom. The lowest BCUT2D eigenvalue weighted by Crippen LogP contribution is -2.12. The molecular weight excluding hydrogens is 396 g/mol. The van der Waals surface area contributed by atoms with Crippen molar-refractivity contribution in [2.24, 2.45) is 0 Å². The van der Waals surface area contributed by atoms with Crippen LogP contribution in [0.15, 0.2) is 47.8 Å². The molecule has 0 atom stereocenters. The first-order valence-corrected chi connectivity index (χ1v) is 9.84. The molecule has 0 bridgehead atoms. The summed E-state index contributed by atoms with van der Waals surface area (Å²) in [5.41, 5.74) is 4.42. The van der Waals surface area contributed by atoms with Crippen LogP contribution in [0.3, 0.4) is 0 Å². The topological polar surface area (TPSA) is 47.6 Å². The fourth-order valence-corrected chi connectivity index (χ4v) is 3.63. The number of carbonyl (C=O) groups is 1. The number of para-hydroxylation sites is 2. The predicted octanol–water partition coefficient (Wildman–Crippen LogP) is 6.11. The second-order valence-electron chi connectivity index (χ2n) is 6.64. The van der Waals surface area contributed by atoms with E-state index < -0.39 is 12.5 Å². The third-order valence-corrected chi connectivity index (χ3v) is 5.37. The average Bonchev–Trinajstić information content (AvgIpc) is 3.14. The molecule has 0 unspecified atom stereocenters. The molecule has 29 heavy (non-hydrogen) atoms. The molecular formula is C22H21F2NO3S. The third kappa shape index (κ3) is 5.32. The number of amides is 1. The summed E-state index contributed by atoms with van der Waals surface area (Å²) in [5.74, 6) is 0.341. The number of hydrogen-bond acceptors (Lipinski definition) is 4. The van der Waals surface area contributed by atoms with Crippen LogP contribution < -0.4 is 14.8 Å². The molecule has 1 N–H and O–H groups in total. The van der Waals surface area contributed by atoms with Gasteiger partial charge >= 0.3 is 6.61 Å². The summed E-state index contributed by atoms with van der Waals surface area (Å²) in [5, 5.41) is 4.46. The number of aryl methyl sites for hydroxylation is 2. The van der Waals surface area contributed by atoms with E-state index in [9.17, 15) is 13.6 Å². The summed E-state index contributed by atoms with van der Waals surface area (Å²) >= 11 is 1.26. The number of hydrogen-bond donors (Lipinski definition) is 1. The fraction of sp³-hybridized carbons (Fsp3) is 0.227. The number of ether oxygens (including phenoxy) is 2. The number of benzene rings is 2. The lowest BCUT2D eigenvalue weighted by molar-refractivity contribution is -0.0493. The lowest BCUT2D eigenvalue weighted by Gasteiger charge is -2.12. The molecule has 1 heterocycles. The van der Waals surface area contributed by atoms with Crippen LogP contribution in [0.4, 0.5) is 14.5 Å². The van der Waals surface area contributed by atoms with Crippen molar-refractivity contribution in [2.45, 2.75) is 34.0 Å². The Balaban J connectivity index is 1.67. The monoisotopic (exact) mass is 417 g/mol. The number of carbonyl (C=O) groups excluding carboxylic acids is 1. The molecule has 3 aromatic rings. The van der Waals surface area contributed by atoms with Crippen LogP contribution in [0.5, 0.6) is 11.5 Å². The van der Waals surface area contributed by atoms with Gasteiger partial charge in [0, 0.05) is 5.56 Å². The smallest absolute Gasteiger partial charge is 0.387 e. The molecule has 7 heteroatoms. The molecule has 4 nitrogen and oxygen atoms in total. The number of rotatable bonds is 7. The van der Waals surface area contributed by atoms with Gasteiger partial charge in [0.25, 0.3) is 5.91 Å². The molecule has 152 valence electrons. The van der Waals surface area contributed by atoms with Crippen molar-refractivity contribution in [1.82, 2.24) is 0 Å². The molecule has 0 aliphatic heterocycles. The lowest BCUT2D eigenvalue weighted by atomic mass is 10.1. The fourth-order valence-electron chi connectivity index (χ4n) is 2.83. The number of alkyl halides is 2. The molecule has 0 aliphatic carbocycles. The molecule has 2 aromatic carbocycles. The Kier molecular flexibility index (Phi) is 6.49. The van der Waals surface area contributed by atoms with Gasteiger partial charge in [0.15, 0.2) is 0 Å². The van der Waals surface area contributed by atoms with Crippen LogP contribution in [0.1, 0.15) is 31.9 Å². The zero-order valence-corrected chi connectivity index (χ0v) is 17.1. The number of nitrogens with one attached hydrogen (secondary N) is 1. The highest BCUT2D eigenvalue weighted by Gasteiger charge is 2.15. The van der Waals surface area contributed by atoms with Crippen molar-refractivity contribution in [3.8, 4) is 11.5 Å². The van der Waals surface area contributed by atoms with Crippen molar-refractivity contribution in [3.63, 3.8) is 0 Å². The summed E-state index contributed by atoms with van der Waals surface area (Å²) < 4.78 is 35.4. The van der Waals surface area contributed by atoms with Gasteiger partial charge in [0.05, 0.1) is 10.6 Å². The quantitative estimate of drug-likeness (QED) is 0.505. The normalized spacial score (nSPS) is 10.8. The van der Waals surface area contributed by atoms with Crippen LogP contribution >= 0.6 is 11.3 Å². The Hall–Kier alpha value is -2.93. The third-order valence-electron chi connectivity index (χ3n) is 4.39.